The number of rotatable bonds is 10. The monoisotopic (exact) mass is 484 g/mol. The summed E-state index contributed by atoms with van der Waals surface area (Å²) in [6.45, 7) is 2.36. The van der Waals surface area contributed by atoms with Crippen LogP contribution < -0.4 is 0 Å². The van der Waals surface area contributed by atoms with Gasteiger partial charge in [0.05, 0.1) is 12.2 Å². The molecule has 0 saturated carbocycles. The van der Waals surface area contributed by atoms with Gasteiger partial charge in [-0.15, -0.1) is 6.58 Å². The average molecular weight is 484 g/mol. The number of ether oxygens (including phenoxy) is 3. The number of carbonyl (C=O) groups is 1. The molecule has 0 aromatic heterocycles. The molecule has 1 saturated heterocycles. The number of aliphatic hydroxyl groups excluding tert-OH is 1. The standard InChI is InChI=1S/C16H20O13S2/c1-2-8-25-13-12(28-30(19,20)21)11(27-16(18)14(13)29-31(22,23)24)9-26-15(17)10-6-4-3-5-7-10/h2-7,11-14,16,18H,1,8-9H2,(H,19,20,21)(H,22,23,24)/t11-,12-,13+,14+,16+/m1/s1. The zero-order valence-electron chi connectivity index (χ0n) is 15.7. The minimum Gasteiger partial charge on any atom is -0.459 e. The lowest BCUT2D eigenvalue weighted by Gasteiger charge is -2.42. The molecule has 0 spiro atoms. The third-order valence-electron chi connectivity index (χ3n) is 3.87. The van der Waals surface area contributed by atoms with Gasteiger partial charge in [-0.05, 0) is 12.1 Å². The molecule has 174 valence electrons. The summed E-state index contributed by atoms with van der Waals surface area (Å²) in [7, 11) is -10.3. The van der Waals surface area contributed by atoms with Crippen molar-refractivity contribution in [1.82, 2.24) is 0 Å². The number of hydrogen-bond acceptors (Lipinski definition) is 11. The number of aliphatic hydroxyl groups is 1. The Balaban J connectivity index is 2.30. The molecule has 1 heterocycles. The van der Waals surface area contributed by atoms with Crippen molar-refractivity contribution in [3.05, 3.63) is 48.6 Å². The fourth-order valence-electron chi connectivity index (χ4n) is 2.71. The van der Waals surface area contributed by atoms with Gasteiger partial charge in [-0.3, -0.25) is 9.11 Å². The topological polar surface area (TPSA) is 192 Å². The van der Waals surface area contributed by atoms with Crippen LogP contribution in [-0.4, -0.2) is 80.9 Å². The van der Waals surface area contributed by atoms with Crippen LogP contribution in [0.25, 0.3) is 0 Å². The second kappa shape index (κ2) is 10.6. The van der Waals surface area contributed by atoms with Gasteiger partial charge in [-0.1, -0.05) is 24.3 Å². The Hall–Kier alpha value is -1.95. The van der Waals surface area contributed by atoms with Gasteiger partial charge in [0.25, 0.3) is 0 Å². The normalized spacial score (nSPS) is 26.9. The summed E-state index contributed by atoms with van der Waals surface area (Å²) in [6.07, 6.45) is -8.09. The van der Waals surface area contributed by atoms with Crippen molar-refractivity contribution in [2.45, 2.75) is 30.7 Å². The van der Waals surface area contributed by atoms with Gasteiger partial charge in [0.15, 0.2) is 12.4 Å². The van der Waals surface area contributed by atoms with Crippen LogP contribution in [0.3, 0.4) is 0 Å². The highest BCUT2D eigenvalue weighted by Crippen LogP contribution is 2.29. The molecule has 0 unspecified atom stereocenters. The van der Waals surface area contributed by atoms with Crippen LogP contribution in [-0.2, 0) is 43.4 Å². The maximum Gasteiger partial charge on any atom is 0.397 e. The number of hydrogen-bond donors (Lipinski definition) is 3. The van der Waals surface area contributed by atoms with Crippen molar-refractivity contribution < 1.29 is 58.4 Å². The number of benzene rings is 1. The quantitative estimate of drug-likeness (QED) is 0.219. The van der Waals surface area contributed by atoms with Crippen LogP contribution in [0.15, 0.2) is 43.0 Å². The Kier molecular flexibility index (Phi) is 8.64. The zero-order chi connectivity index (χ0) is 23.2. The molecule has 0 amide bonds. The lowest BCUT2D eigenvalue weighted by atomic mass is 9.99. The first kappa shape index (κ1) is 25.3. The van der Waals surface area contributed by atoms with E-state index in [1.807, 2.05) is 0 Å². The second-order valence-corrected chi connectivity index (χ2v) is 8.19. The van der Waals surface area contributed by atoms with Crippen LogP contribution in [0.5, 0.6) is 0 Å². The summed E-state index contributed by atoms with van der Waals surface area (Å²) in [6, 6.07) is 7.68. The highest BCUT2D eigenvalue weighted by molar-refractivity contribution is 7.81. The fourth-order valence-corrected chi connectivity index (χ4v) is 3.71. The SMILES string of the molecule is C=CCO[C@@H]1[C@H](OS(=O)(=O)O)[C@@H](O)O[C@H](COC(=O)c2ccccc2)[C@H]1OS(=O)(=O)O. The van der Waals surface area contributed by atoms with E-state index in [0.717, 1.165) is 0 Å². The van der Waals surface area contributed by atoms with E-state index in [-0.39, 0.29) is 12.2 Å². The van der Waals surface area contributed by atoms with Crippen LogP contribution in [0.1, 0.15) is 10.4 Å². The van der Waals surface area contributed by atoms with Crippen molar-refractivity contribution in [2.24, 2.45) is 0 Å². The van der Waals surface area contributed by atoms with Gasteiger partial charge < -0.3 is 19.3 Å². The molecule has 2 rings (SSSR count). The Bertz CT molecular complexity index is 960. The van der Waals surface area contributed by atoms with Crippen molar-refractivity contribution in [3.63, 3.8) is 0 Å². The third-order valence-corrected chi connectivity index (χ3v) is 4.80. The van der Waals surface area contributed by atoms with E-state index >= 15 is 0 Å². The lowest BCUT2D eigenvalue weighted by Crippen LogP contribution is -2.62. The van der Waals surface area contributed by atoms with Crippen LogP contribution >= 0.6 is 0 Å². The minimum absolute atomic E-state index is 0.151. The van der Waals surface area contributed by atoms with E-state index in [2.05, 4.69) is 14.9 Å². The Morgan fingerprint density at radius 2 is 1.61 bits per heavy atom. The van der Waals surface area contributed by atoms with Gasteiger partial charge in [-0.25, -0.2) is 13.2 Å². The lowest BCUT2D eigenvalue weighted by molar-refractivity contribution is -0.282. The van der Waals surface area contributed by atoms with E-state index in [9.17, 15) is 26.7 Å². The molecule has 0 radical (unpaired) electrons. The summed E-state index contributed by atoms with van der Waals surface area (Å²) in [5.74, 6) is -0.829. The summed E-state index contributed by atoms with van der Waals surface area (Å²) in [4.78, 5) is 12.1. The van der Waals surface area contributed by atoms with Crippen molar-refractivity contribution >= 4 is 26.8 Å². The van der Waals surface area contributed by atoms with E-state index in [4.69, 9.17) is 23.3 Å². The molecule has 1 aliphatic heterocycles. The molecule has 0 bridgehead atoms. The predicted octanol–water partition coefficient (Wildman–Crippen LogP) is -0.492. The Morgan fingerprint density at radius 3 is 2.16 bits per heavy atom. The van der Waals surface area contributed by atoms with E-state index in [1.165, 1.54) is 18.2 Å². The molecule has 1 aromatic rings. The van der Waals surface area contributed by atoms with Crippen molar-refractivity contribution in [2.75, 3.05) is 13.2 Å². The van der Waals surface area contributed by atoms with E-state index in [0.29, 0.717) is 0 Å². The maximum absolute atomic E-state index is 12.1. The zero-order valence-corrected chi connectivity index (χ0v) is 17.3. The fraction of sp³-hybridized carbons (Fsp3) is 0.438. The van der Waals surface area contributed by atoms with Gasteiger partial charge in [0.2, 0.25) is 0 Å². The molecule has 1 aliphatic rings. The van der Waals surface area contributed by atoms with Crippen LogP contribution in [0.2, 0.25) is 0 Å². The number of esters is 1. The molecule has 13 nitrogen and oxygen atoms in total. The summed E-state index contributed by atoms with van der Waals surface area (Å²) < 4.78 is 87.1. The van der Waals surface area contributed by atoms with Crippen molar-refractivity contribution in [3.8, 4) is 0 Å². The smallest absolute Gasteiger partial charge is 0.397 e. The largest absolute Gasteiger partial charge is 0.459 e. The summed E-state index contributed by atoms with van der Waals surface area (Å²) in [5, 5.41) is 10.1. The van der Waals surface area contributed by atoms with Crippen molar-refractivity contribution in [1.29, 1.82) is 0 Å². The van der Waals surface area contributed by atoms with Gasteiger partial charge in [-0.2, -0.15) is 16.8 Å². The molecule has 1 aromatic carbocycles. The molecular formula is C16H20O13S2. The first-order valence-corrected chi connectivity index (χ1v) is 11.2. The molecule has 1 fully saturated rings. The van der Waals surface area contributed by atoms with Crippen LogP contribution in [0.4, 0.5) is 0 Å². The second-order valence-electron chi connectivity index (χ2n) is 6.09. The number of carbonyl (C=O) groups excluding carboxylic acids is 1. The summed E-state index contributed by atoms with van der Waals surface area (Å²) >= 11 is 0. The van der Waals surface area contributed by atoms with Gasteiger partial charge in [0, 0.05) is 0 Å². The van der Waals surface area contributed by atoms with Gasteiger partial charge in [0.1, 0.15) is 24.9 Å². The predicted molar refractivity (Wildman–Crippen MR) is 100 cm³/mol. The summed E-state index contributed by atoms with van der Waals surface area (Å²) in [5.41, 5.74) is 0.151. The maximum atomic E-state index is 12.1. The molecule has 0 aliphatic carbocycles. The molecular weight excluding hydrogens is 464 g/mol. The Morgan fingerprint density at radius 1 is 1.03 bits per heavy atom. The minimum atomic E-state index is -5.17. The highest BCUT2D eigenvalue weighted by atomic mass is 32.3. The average Bonchev–Trinajstić information content (AvgIpc) is 2.67. The van der Waals surface area contributed by atoms with Crippen LogP contribution in [0, 0.1) is 0 Å². The first-order chi connectivity index (χ1) is 14.4. The Labute approximate surface area is 178 Å². The van der Waals surface area contributed by atoms with E-state index < -0.39 is 64.1 Å². The van der Waals surface area contributed by atoms with E-state index in [1.54, 1.807) is 18.2 Å². The first-order valence-electron chi connectivity index (χ1n) is 8.51. The molecule has 3 N–H and O–H groups in total. The highest BCUT2D eigenvalue weighted by Gasteiger charge is 2.51. The molecule has 5 atom stereocenters. The molecule has 31 heavy (non-hydrogen) atoms. The van der Waals surface area contributed by atoms with Gasteiger partial charge >= 0.3 is 26.8 Å². The molecule has 15 heteroatoms. The third kappa shape index (κ3) is 7.91.